The summed E-state index contributed by atoms with van der Waals surface area (Å²) in [6, 6.07) is 7.92. The highest BCUT2D eigenvalue weighted by Crippen LogP contribution is 2.38. The summed E-state index contributed by atoms with van der Waals surface area (Å²) in [7, 11) is 0. The molecule has 6 heteroatoms. The standard InChI is InChI=1S/C22H25NO4S/c1-14-12-17(15(2)28-14)19(24)6-8-22(25)23-9-3-4-18(23)16-5-7-20-21(13-16)27-11-10-26-20/h5,7,12-13,18H,3-4,6,8-11H2,1-2H3. The van der Waals surface area contributed by atoms with Crippen molar-refractivity contribution in [3.63, 3.8) is 0 Å². The number of nitrogens with zero attached hydrogens (tertiary/aromatic N) is 1. The third-order valence-electron chi connectivity index (χ3n) is 5.43. The van der Waals surface area contributed by atoms with Crippen molar-refractivity contribution < 1.29 is 19.1 Å². The summed E-state index contributed by atoms with van der Waals surface area (Å²) >= 11 is 1.63. The molecule has 0 aliphatic carbocycles. The Bertz CT molecular complexity index is 904. The van der Waals surface area contributed by atoms with Gasteiger partial charge in [-0.25, -0.2) is 0 Å². The van der Waals surface area contributed by atoms with E-state index >= 15 is 0 Å². The first-order valence-corrected chi connectivity index (χ1v) is 10.6. The van der Waals surface area contributed by atoms with Crippen molar-refractivity contribution in [2.45, 2.75) is 45.6 Å². The Balaban J connectivity index is 1.42. The molecule has 148 valence electrons. The first-order chi connectivity index (χ1) is 13.5. The van der Waals surface area contributed by atoms with E-state index in [1.807, 2.05) is 43.0 Å². The van der Waals surface area contributed by atoms with Gasteiger partial charge in [-0.15, -0.1) is 11.3 Å². The fraction of sp³-hybridized carbons (Fsp3) is 0.455. The van der Waals surface area contributed by atoms with Crippen LogP contribution in [0.3, 0.4) is 0 Å². The molecular weight excluding hydrogens is 374 g/mol. The molecule has 0 spiro atoms. The highest BCUT2D eigenvalue weighted by Gasteiger charge is 2.31. The Kier molecular flexibility index (Phi) is 5.40. The van der Waals surface area contributed by atoms with E-state index in [4.69, 9.17) is 9.47 Å². The maximum atomic E-state index is 12.9. The number of aryl methyl sites for hydroxylation is 2. The molecule has 4 rings (SSSR count). The predicted octanol–water partition coefficient (Wildman–Crippen LogP) is 4.46. The van der Waals surface area contributed by atoms with Crippen molar-refractivity contribution in [3.05, 3.63) is 45.1 Å². The number of thiophene rings is 1. The summed E-state index contributed by atoms with van der Waals surface area (Å²) in [4.78, 5) is 29.5. The Labute approximate surface area is 169 Å². The lowest BCUT2D eigenvalue weighted by Crippen LogP contribution is -2.31. The van der Waals surface area contributed by atoms with Crippen LogP contribution in [0.15, 0.2) is 24.3 Å². The van der Waals surface area contributed by atoms with Gasteiger partial charge in [0.2, 0.25) is 5.91 Å². The summed E-state index contributed by atoms with van der Waals surface area (Å²) in [6.45, 7) is 5.82. The molecule has 2 aliphatic rings. The van der Waals surface area contributed by atoms with Gasteiger partial charge in [-0.3, -0.25) is 9.59 Å². The van der Waals surface area contributed by atoms with E-state index in [1.165, 1.54) is 0 Å². The lowest BCUT2D eigenvalue weighted by atomic mass is 10.0. The van der Waals surface area contributed by atoms with Crippen LogP contribution < -0.4 is 9.47 Å². The van der Waals surface area contributed by atoms with Crippen LogP contribution in [0.5, 0.6) is 11.5 Å². The SMILES string of the molecule is Cc1cc(C(=O)CCC(=O)N2CCCC2c2ccc3c(c2)OCCO3)c(C)s1. The van der Waals surface area contributed by atoms with Gasteiger partial charge < -0.3 is 14.4 Å². The van der Waals surface area contributed by atoms with Crippen LogP contribution in [0, 0.1) is 13.8 Å². The zero-order valence-electron chi connectivity index (χ0n) is 16.3. The molecule has 1 aromatic heterocycles. The molecule has 1 amide bonds. The Hall–Kier alpha value is -2.34. The first-order valence-electron chi connectivity index (χ1n) is 9.82. The number of ketones is 1. The molecule has 1 aromatic carbocycles. The Morgan fingerprint density at radius 3 is 2.64 bits per heavy atom. The van der Waals surface area contributed by atoms with Gasteiger partial charge in [-0.1, -0.05) is 6.07 Å². The third-order valence-corrected chi connectivity index (χ3v) is 6.40. The summed E-state index contributed by atoms with van der Waals surface area (Å²) in [5, 5.41) is 0. The quantitative estimate of drug-likeness (QED) is 0.697. The molecule has 0 N–H and O–H groups in total. The van der Waals surface area contributed by atoms with Crippen molar-refractivity contribution >= 4 is 23.0 Å². The number of ether oxygens (including phenoxy) is 2. The van der Waals surface area contributed by atoms with E-state index in [-0.39, 0.29) is 30.6 Å². The Morgan fingerprint density at radius 2 is 1.89 bits per heavy atom. The minimum Gasteiger partial charge on any atom is -0.486 e. The fourth-order valence-electron chi connectivity index (χ4n) is 4.09. The van der Waals surface area contributed by atoms with Crippen LogP contribution in [0.25, 0.3) is 0 Å². The predicted molar refractivity (Wildman–Crippen MR) is 108 cm³/mol. The number of hydrogen-bond donors (Lipinski definition) is 0. The van der Waals surface area contributed by atoms with E-state index in [2.05, 4.69) is 0 Å². The molecule has 1 atom stereocenters. The Morgan fingerprint density at radius 1 is 1.11 bits per heavy atom. The van der Waals surface area contributed by atoms with Gasteiger partial charge in [0.1, 0.15) is 13.2 Å². The van der Waals surface area contributed by atoms with Gasteiger partial charge in [-0.2, -0.15) is 0 Å². The molecule has 3 heterocycles. The lowest BCUT2D eigenvalue weighted by Gasteiger charge is -2.26. The number of amides is 1. The van der Waals surface area contributed by atoms with Crippen LogP contribution in [-0.4, -0.2) is 36.3 Å². The molecular formula is C22H25NO4S. The normalized spacial score (nSPS) is 18.4. The largest absolute Gasteiger partial charge is 0.486 e. The average Bonchev–Trinajstić information content (AvgIpc) is 3.31. The van der Waals surface area contributed by atoms with Crippen molar-refractivity contribution in [2.24, 2.45) is 0 Å². The number of hydrogen-bond acceptors (Lipinski definition) is 5. The topological polar surface area (TPSA) is 55.8 Å². The van der Waals surface area contributed by atoms with E-state index < -0.39 is 0 Å². The van der Waals surface area contributed by atoms with Crippen LogP contribution in [0.4, 0.5) is 0 Å². The number of Topliss-reactive ketones (excluding diaryl/α,β-unsaturated/α-hetero) is 1. The highest BCUT2D eigenvalue weighted by molar-refractivity contribution is 7.12. The minimum absolute atomic E-state index is 0.0450. The molecule has 28 heavy (non-hydrogen) atoms. The maximum Gasteiger partial charge on any atom is 0.223 e. The molecule has 0 radical (unpaired) electrons. The molecule has 1 fully saturated rings. The summed E-state index contributed by atoms with van der Waals surface area (Å²) < 4.78 is 11.3. The monoisotopic (exact) mass is 399 g/mol. The summed E-state index contributed by atoms with van der Waals surface area (Å²) in [5.74, 6) is 1.63. The second kappa shape index (κ2) is 7.95. The smallest absolute Gasteiger partial charge is 0.223 e. The third kappa shape index (κ3) is 3.78. The van der Waals surface area contributed by atoms with Crippen LogP contribution >= 0.6 is 11.3 Å². The summed E-state index contributed by atoms with van der Waals surface area (Å²) in [5.41, 5.74) is 1.84. The first kappa shape index (κ1) is 19.0. The van der Waals surface area contributed by atoms with Crippen molar-refractivity contribution in [1.29, 1.82) is 0 Å². The zero-order chi connectivity index (χ0) is 19.7. The van der Waals surface area contributed by atoms with Gasteiger partial charge in [0, 0.05) is 34.7 Å². The number of rotatable bonds is 5. The number of carbonyl (C=O) groups is 2. The zero-order valence-corrected chi connectivity index (χ0v) is 17.1. The van der Waals surface area contributed by atoms with Gasteiger partial charge >= 0.3 is 0 Å². The molecule has 0 saturated carbocycles. The molecule has 5 nitrogen and oxygen atoms in total. The van der Waals surface area contributed by atoms with E-state index in [0.717, 1.165) is 51.8 Å². The summed E-state index contributed by atoms with van der Waals surface area (Å²) in [6.07, 6.45) is 2.43. The van der Waals surface area contributed by atoms with Gasteiger partial charge in [-0.05, 0) is 50.5 Å². The fourth-order valence-corrected chi connectivity index (χ4v) is 5.03. The number of fused-ring (bicyclic) bond motifs is 1. The van der Waals surface area contributed by atoms with Crippen molar-refractivity contribution in [3.8, 4) is 11.5 Å². The molecule has 0 bridgehead atoms. The van der Waals surface area contributed by atoms with Gasteiger partial charge in [0.05, 0.1) is 6.04 Å². The maximum absolute atomic E-state index is 12.9. The lowest BCUT2D eigenvalue weighted by molar-refractivity contribution is -0.132. The second-order valence-electron chi connectivity index (χ2n) is 7.40. The van der Waals surface area contributed by atoms with Crippen LogP contribution in [0.2, 0.25) is 0 Å². The van der Waals surface area contributed by atoms with Gasteiger partial charge in [0.15, 0.2) is 17.3 Å². The van der Waals surface area contributed by atoms with E-state index in [0.29, 0.717) is 13.2 Å². The molecule has 2 aliphatic heterocycles. The van der Waals surface area contributed by atoms with Gasteiger partial charge in [0.25, 0.3) is 0 Å². The minimum atomic E-state index is 0.0450. The number of likely N-dealkylation sites (tertiary alicyclic amines) is 1. The van der Waals surface area contributed by atoms with Crippen molar-refractivity contribution in [1.82, 2.24) is 4.90 Å². The molecule has 2 aromatic rings. The van der Waals surface area contributed by atoms with E-state index in [1.54, 1.807) is 11.3 Å². The molecule has 1 unspecified atom stereocenters. The van der Waals surface area contributed by atoms with E-state index in [9.17, 15) is 9.59 Å². The van der Waals surface area contributed by atoms with Crippen molar-refractivity contribution in [2.75, 3.05) is 19.8 Å². The number of benzene rings is 1. The number of carbonyl (C=O) groups excluding carboxylic acids is 2. The molecule has 1 saturated heterocycles. The average molecular weight is 400 g/mol. The van der Waals surface area contributed by atoms with Crippen LogP contribution in [0.1, 0.15) is 57.4 Å². The highest BCUT2D eigenvalue weighted by atomic mass is 32.1. The van der Waals surface area contributed by atoms with Crippen LogP contribution in [-0.2, 0) is 4.79 Å². The second-order valence-corrected chi connectivity index (χ2v) is 8.86.